The lowest BCUT2D eigenvalue weighted by molar-refractivity contribution is -0.114. The zero-order chi connectivity index (χ0) is 17.5. The molecule has 132 valence electrons. The van der Waals surface area contributed by atoms with Crippen LogP contribution in [0.1, 0.15) is 19.3 Å². The lowest BCUT2D eigenvalue weighted by atomic mass is 10.1. The van der Waals surface area contributed by atoms with Crippen LogP contribution in [0.5, 0.6) is 0 Å². The molecule has 2 aromatic carbocycles. The van der Waals surface area contributed by atoms with E-state index in [-0.39, 0.29) is 12.5 Å². The average Bonchev–Trinajstić information content (AvgIpc) is 2.67. The maximum absolute atomic E-state index is 12.3. The number of amides is 1. The largest absolute Gasteiger partial charge is 0.374 e. The Labute approximate surface area is 154 Å². The summed E-state index contributed by atoms with van der Waals surface area (Å²) in [6.07, 6.45) is 5.81. The summed E-state index contributed by atoms with van der Waals surface area (Å²) in [5.41, 5.74) is 3.06. The molecular formula is C20H25N3OS. The normalized spacial score (nSPS) is 14.2. The van der Waals surface area contributed by atoms with Crippen molar-refractivity contribution >= 4 is 34.7 Å². The van der Waals surface area contributed by atoms with Crippen molar-refractivity contribution in [3.05, 3.63) is 48.5 Å². The number of nitrogens with one attached hydrogen (secondary N) is 2. The number of benzene rings is 2. The Morgan fingerprint density at radius 1 is 1.08 bits per heavy atom. The Balaban J connectivity index is 1.60. The third-order valence-electron chi connectivity index (χ3n) is 4.39. The zero-order valence-corrected chi connectivity index (χ0v) is 15.4. The molecule has 0 bridgehead atoms. The maximum Gasteiger partial charge on any atom is 0.243 e. The number of hydrogen-bond acceptors (Lipinski definition) is 4. The van der Waals surface area contributed by atoms with E-state index >= 15 is 0 Å². The Hall–Kier alpha value is -2.14. The smallest absolute Gasteiger partial charge is 0.243 e. The van der Waals surface area contributed by atoms with Gasteiger partial charge in [-0.05, 0) is 55.9 Å². The summed E-state index contributed by atoms with van der Waals surface area (Å²) in [5, 5.41) is 6.26. The fourth-order valence-corrected chi connectivity index (χ4v) is 3.57. The Morgan fingerprint density at radius 2 is 1.88 bits per heavy atom. The molecule has 2 N–H and O–H groups in total. The summed E-state index contributed by atoms with van der Waals surface area (Å²) in [4.78, 5) is 15.8. The van der Waals surface area contributed by atoms with Gasteiger partial charge in [0.25, 0.3) is 0 Å². The van der Waals surface area contributed by atoms with Crippen LogP contribution < -0.4 is 15.5 Å². The molecule has 0 atom stereocenters. The van der Waals surface area contributed by atoms with Crippen LogP contribution in [0.2, 0.25) is 0 Å². The minimum atomic E-state index is -0.0355. The number of hydrogen-bond donors (Lipinski definition) is 2. The van der Waals surface area contributed by atoms with E-state index in [0.717, 1.165) is 29.4 Å². The lowest BCUT2D eigenvalue weighted by Gasteiger charge is -2.30. The number of piperidine rings is 1. The predicted octanol–water partition coefficient (Wildman–Crippen LogP) is 4.45. The van der Waals surface area contributed by atoms with Gasteiger partial charge in [-0.3, -0.25) is 4.79 Å². The van der Waals surface area contributed by atoms with Crippen molar-refractivity contribution < 1.29 is 4.79 Å². The topological polar surface area (TPSA) is 44.4 Å². The SMILES string of the molecule is CSc1cccc(NC(=O)CNc2ccccc2N2CCCCC2)c1. The first-order valence-corrected chi connectivity index (χ1v) is 10.0. The molecular weight excluding hydrogens is 330 g/mol. The highest BCUT2D eigenvalue weighted by atomic mass is 32.2. The third kappa shape index (κ3) is 4.92. The van der Waals surface area contributed by atoms with E-state index in [4.69, 9.17) is 0 Å². The third-order valence-corrected chi connectivity index (χ3v) is 5.12. The fraction of sp³-hybridized carbons (Fsp3) is 0.350. The molecule has 25 heavy (non-hydrogen) atoms. The van der Waals surface area contributed by atoms with Gasteiger partial charge < -0.3 is 15.5 Å². The van der Waals surface area contributed by atoms with E-state index in [2.05, 4.69) is 27.7 Å². The molecule has 1 heterocycles. The zero-order valence-electron chi connectivity index (χ0n) is 14.6. The van der Waals surface area contributed by atoms with Gasteiger partial charge in [-0.25, -0.2) is 0 Å². The molecule has 4 nitrogen and oxygen atoms in total. The van der Waals surface area contributed by atoms with E-state index in [0.29, 0.717) is 0 Å². The second-order valence-corrected chi connectivity index (χ2v) is 7.08. The molecule has 1 aliphatic heterocycles. The molecule has 1 saturated heterocycles. The van der Waals surface area contributed by atoms with Crippen LogP contribution in [0.3, 0.4) is 0 Å². The highest BCUT2D eigenvalue weighted by Crippen LogP contribution is 2.28. The highest BCUT2D eigenvalue weighted by Gasteiger charge is 2.14. The number of carbonyl (C=O) groups excluding carboxylic acids is 1. The monoisotopic (exact) mass is 355 g/mol. The van der Waals surface area contributed by atoms with Crippen molar-refractivity contribution in [1.29, 1.82) is 0 Å². The van der Waals surface area contributed by atoms with Crippen LogP contribution in [0.15, 0.2) is 53.4 Å². The van der Waals surface area contributed by atoms with Gasteiger partial charge in [-0.2, -0.15) is 0 Å². The average molecular weight is 356 g/mol. The number of carbonyl (C=O) groups is 1. The molecule has 2 aromatic rings. The van der Waals surface area contributed by atoms with Crippen molar-refractivity contribution in [3.8, 4) is 0 Å². The van der Waals surface area contributed by atoms with Crippen LogP contribution in [-0.2, 0) is 4.79 Å². The van der Waals surface area contributed by atoms with Gasteiger partial charge in [-0.1, -0.05) is 18.2 Å². The minimum absolute atomic E-state index is 0.0355. The van der Waals surface area contributed by atoms with E-state index < -0.39 is 0 Å². The molecule has 1 amide bonds. The first kappa shape index (κ1) is 17.7. The molecule has 0 unspecified atom stereocenters. The molecule has 1 aliphatic rings. The Kier molecular flexibility index (Phi) is 6.23. The molecule has 5 heteroatoms. The van der Waals surface area contributed by atoms with Crippen molar-refractivity contribution in [1.82, 2.24) is 0 Å². The standard InChI is InChI=1S/C20H25N3OS/c1-25-17-9-7-8-16(14-17)22-20(24)15-21-18-10-3-4-11-19(18)23-12-5-2-6-13-23/h3-4,7-11,14,21H,2,5-6,12-13,15H2,1H3,(H,22,24). The summed E-state index contributed by atoms with van der Waals surface area (Å²) < 4.78 is 0. The van der Waals surface area contributed by atoms with Gasteiger partial charge in [0.1, 0.15) is 0 Å². The highest BCUT2D eigenvalue weighted by molar-refractivity contribution is 7.98. The van der Waals surface area contributed by atoms with Crippen molar-refractivity contribution in [2.75, 3.05) is 41.4 Å². The maximum atomic E-state index is 12.3. The second-order valence-electron chi connectivity index (χ2n) is 6.20. The van der Waals surface area contributed by atoms with Gasteiger partial charge >= 0.3 is 0 Å². The van der Waals surface area contributed by atoms with Gasteiger partial charge in [-0.15, -0.1) is 11.8 Å². The number of rotatable bonds is 6. The van der Waals surface area contributed by atoms with Crippen molar-refractivity contribution in [3.63, 3.8) is 0 Å². The summed E-state index contributed by atoms with van der Waals surface area (Å²) in [5.74, 6) is -0.0355. The van der Waals surface area contributed by atoms with Crippen LogP contribution >= 0.6 is 11.8 Å². The lowest BCUT2D eigenvalue weighted by Crippen LogP contribution is -2.30. The summed E-state index contributed by atoms with van der Waals surface area (Å²) in [6.45, 7) is 2.44. The van der Waals surface area contributed by atoms with Crippen molar-refractivity contribution in [2.24, 2.45) is 0 Å². The van der Waals surface area contributed by atoms with Crippen molar-refractivity contribution in [2.45, 2.75) is 24.2 Å². The summed E-state index contributed by atoms with van der Waals surface area (Å²) in [6, 6.07) is 16.1. The molecule has 0 spiro atoms. The molecule has 0 saturated carbocycles. The molecule has 0 aliphatic carbocycles. The Bertz CT molecular complexity index is 714. The molecule has 0 radical (unpaired) electrons. The summed E-state index contributed by atoms with van der Waals surface area (Å²) in [7, 11) is 0. The summed E-state index contributed by atoms with van der Waals surface area (Å²) >= 11 is 1.67. The van der Waals surface area contributed by atoms with Gasteiger partial charge in [0, 0.05) is 23.7 Å². The van der Waals surface area contributed by atoms with Crippen LogP contribution in [0.4, 0.5) is 17.1 Å². The van der Waals surface area contributed by atoms with E-state index in [1.54, 1.807) is 11.8 Å². The van der Waals surface area contributed by atoms with Gasteiger partial charge in [0.05, 0.1) is 17.9 Å². The van der Waals surface area contributed by atoms with E-state index in [1.165, 1.54) is 24.9 Å². The first-order valence-electron chi connectivity index (χ1n) is 8.78. The van der Waals surface area contributed by atoms with Crippen LogP contribution in [0.25, 0.3) is 0 Å². The number of nitrogens with zero attached hydrogens (tertiary/aromatic N) is 1. The minimum Gasteiger partial charge on any atom is -0.374 e. The first-order chi connectivity index (χ1) is 12.3. The quantitative estimate of drug-likeness (QED) is 0.752. The van der Waals surface area contributed by atoms with E-state index in [1.807, 2.05) is 42.7 Å². The number of anilines is 3. The molecule has 0 aromatic heterocycles. The second kappa shape index (κ2) is 8.81. The van der Waals surface area contributed by atoms with Crippen LogP contribution in [-0.4, -0.2) is 31.8 Å². The predicted molar refractivity (Wildman–Crippen MR) is 108 cm³/mol. The Morgan fingerprint density at radius 3 is 2.68 bits per heavy atom. The fourth-order valence-electron chi connectivity index (χ4n) is 3.12. The van der Waals surface area contributed by atoms with E-state index in [9.17, 15) is 4.79 Å². The molecule has 3 rings (SSSR count). The molecule has 1 fully saturated rings. The van der Waals surface area contributed by atoms with Gasteiger partial charge in [0.2, 0.25) is 5.91 Å². The van der Waals surface area contributed by atoms with Gasteiger partial charge in [0.15, 0.2) is 0 Å². The number of para-hydroxylation sites is 2. The van der Waals surface area contributed by atoms with Crippen LogP contribution in [0, 0.1) is 0 Å². The number of thioether (sulfide) groups is 1.